The lowest BCUT2D eigenvalue weighted by Gasteiger charge is -2.22. The number of nitrogens with zero attached hydrogens (tertiary/aromatic N) is 1. The second-order valence-corrected chi connectivity index (χ2v) is 6.92. The molecule has 1 aliphatic rings. The molecule has 4 nitrogen and oxygen atoms in total. The number of nitrogens with one attached hydrogen (secondary N) is 2. The van der Waals surface area contributed by atoms with Gasteiger partial charge < -0.3 is 10.6 Å². The zero-order chi connectivity index (χ0) is 18.7. The molecule has 7 heteroatoms. The van der Waals surface area contributed by atoms with E-state index in [0.717, 1.165) is 5.56 Å². The molecule has 146 valence electrons. The first-order valence-corrected chi connectivity index (χ1v) is 8.84. The van der Waals surface area contributed by atoms with Gasteiger partial charge in [-0.1, -0.05) is 50.2 Å². The van der Waals surface area contributed by atoms with Gasteiger partial charge in [-0.05, 0) is 17.5 Å². The quantitative estimate of drug-likeness (QED) is 0.759. The van der Waals surface area contributed by atoms with Crippen LogP contribution in [0.4, 0.5) is 8.78 Å². The molecule has 1 amide bonds. The van der Waals surface area contributed by atoms with Gasteiger partial charge in [0, 0.05) is 18.5 Å². The maximum absolute atomic E-state index is 14.4. The molecular weight excluding hydrogens is 372 g/mol. The predicted molar refractivity (Wildman–Crippen MR) is 103 cm³/mol. The van der Waals surface area contributed by atoms with Gasteiger partial charge in [0.05, 0.1) is 17.8 Å². The highest BCUT2D eigenvalue weighted by atomic mass is 35.5. The third-order valence-electron chi connectivity index (χ3n) is 4.63. The van der Waals surface area contributed by atoms with Crippen molar-refractivity contribution in [1.29, 1.82) is 0 Å². The lowest BCUT2D eigenvalue weighted by Crippen LogP contribution is -2.42. The predicted octanol–water partition coefficient (Wildman–Crippen LogP) is 3.67. The van der Waals surface area contributed by atoms with E-state index in [-0.39, 0.29) is 37.2 Å². The number of carbonyl (C=O) groups excluding carboxylic acids is 1. The van der Waals surface area contributed by atoms with Gasteiger partial charge in [-0.25, -0.2) is 9.37 Å². The van der Waals surface area contributed by atoms with Gasteiger partial charge in [-0.3, -0.25) is 4.79 Å². The smallest absolute Gasteiger partial charge is 0.238 e. The maximum Gasteiger partial charge on any atom is 0.238 e. The van der Waals surface area contributed by atoms with Crippen molar-refractivity contribution in [3.8, 4) is 0 Å². The number of halogens is 3. The minimum atomic E-state index is -1.03. The monoisotopic (exact) mass is 395 g/mol. The molecule has 27 heavy (non-hydrogen) atoms. The Kier molecular flexibility index (Phi) is 7.27. The van der Waals surface area contributed by atoms with E-state index in [1.807, 2.05) is 44.2 Å². The fraction of sp³-hybridized carbons (Fsp3) is 0.400. The van der Waals surface area contributed by atoms with E-state index < -0.39 is 24.2 Å². The number of hydrogen-bond acceptors (Lipinski definition) is 3. The van der Waals surface area contributed by atoms with Crippen molar-refractivity contribution in [2.45, 2.75) is 44.4 Å². The molecule has 0 saturated carbocycles. The number of hydrogen-bond donors (Lipinski definition) is 2. The zero-order valence-corrected chi connectivity index (χ0v) is 16.1. The van der Waals surface area contributed by atoms with E-state index >= 15 is 0 Å². The first-order valence-electron chi connectivity index (χ1n) is 8.84. The molecule has 0 aliphatic carbocycles. The summed E-state index contributed by atoms with van der Waals surface area (Å²) >= 11 is 0. The molecule has 0 unspecified atom stereocenters. The summed E-state index contributed by atoms with van der Waals surface area (Å²) in [5.41, 5.74) is 1.74. The van der Waals surface area contributed by atoms with Crippen LogP contribution in [0.1, 0.15) is 49.0 Å². The normalized spacial score (nSPS) is 20.2. The van der Waals surface area contributed by atoms with Crippen molar-refractivity contribution in [2.24, 2.45) is 0 Å². The fourth-order valence-electron chi connectivity index (χ4n) is 3.16. The zero-order valence-electron chi connectivity index (χ0n) is 15.3. The van der Waals surface area contributed by atoms with Crippen LogP contribution in [0.5, 0.6) is 0 Å². The second kappa shape index (κ2) is 9.24. The van der Waals surface area contributed by atoms with Crippen LogP contribution in [-0.2, 0) is 4.79 Å². The standard InChI is InChI=1S/C20H23F2N3O.ClH/c1-12(2)15-8-9-16(24-19(15)22)18(13-6-4-3-5-7-13)25-20(26)17-10-14(21)11-23-17;/h3-9,12,14,17-18,23H,10-11H2,1-2H3,(H,25,26);1H/t14-,17+,18+;/m1./s1. The molecule has 1 aromatic heterocycles. The number of pyridine rings is 1. The van der Waals surface area contributed by atoms with Crippen LogP contribution < -0.4 is 10.6 Å². The highest BCUT2D eigenvalue weighted by Gasteiger charge is 2.31. The van der Waals surface area contributed by atoms with Crippen LogP contribution in [0.25, 0.3) is 0 Å². The van der Waals surface area contributed by atoms with Crippen LogP contribution in [0.15, 0.2) is 42.5 Å². The molecule has 0 radical (unpaired) electrons. The van der Waals surface area contributed by atoms with E-state index in [1.165, 1.54) is 0 Å². The Morgan fingerprint density at radius 3 is 2.48 bits per heavy atom. The minimum absolute atomic E-state index is 0. The van der Waals surface area contributed by atoms with Gasteiger partial charge in [-0.2, -0.15) is 4.39 Å². The van der Waals surface area contributed by atoms with Crippen molar-refractivity contribution >= 4 is 18.3 Å². The van der Waals surface area contributed by atoms with Crippen molar-refractivity contribution in [1.82, 2.24) is 15.6 Å². The first-order chi connectivity index (χ1) is 12.5. The Labute approximate surface area is 164 Å². The summed E-state index contributed by atoms with van der Waals surface area (Å²) in [6.45, 7) is 3.97. The molecule has 1 fully saturated rings. The molecular formula is C20H24ClF2N3O. The highest BCUT2D eigenvalue weighted by molar-refractivity contribution is 5.85. The number of aromatic nitrogens is 1. The lowest BCUT2D eigenvalue weighted by atomic mass is 9.99. The van der Waals surface area contributed by atoms with Gasteiger partial charge in [0.15, 0.2) is 0 Å². The van der Waals surface area contributed by atoms with Crippen LogP contribution in [0.3, 0.4) is 0 Å². The number of rotatable bonds is 5. The molecule has 1 saturated heterocycles. The van der Waals surface area contributed by atoms with E-state index in [2.05, 4.69) is 15.6 Å². The molecule has 2 aromatic rings. The summed E-state index contributed by atoms with van der Waals surface area (Å²) in [5, 5.41) is 5.76. The van der Waals surface area contributed by atoms with Crippen LogP contribution in [0.2, 0.25) is 0 Å². The molecule has 3 atom stereocenters. The molecule has 2 heterocycles. The van der Waals surface area contributed by atoms with E-state index in [4.69, 9.17) is 0 Å². The summed E-state index contributed by atoms with van der Waals surface area (Å²) < 4.78 is 27.8. The summed E-state index contributed by atoms with van der Waals surface area (Å²) in [5.74, 6) is -0.824. The van der Waals surface area contributed by atoms with Crippen LogP contribution in [0, 0.1) is 5.95 Å². The van der Waals surface area contributed by atoms with Gasteiger partial charge in [0.25, 0.3) is 0 Å². The van der Waals surface area contributed by atoms with Gasteiger partial charge in [-0.15, -0.1) is 12.4 Å². The third kappa shape index (κ3) is 5.02. The van der Waals surface area contributed by atoms with Crippen molar-refractivity contribution in [3.05, 3.63) is 65.2 Å². The Morgan fingerprint density at radius 1 is 1.22 bits per heavy atom. The number of benzene rings is 1. The van der Waals surface area contributed by atoms with E-state index in [1.54, 1.807) is 12.1 Å². The average Bonchev–Trinajstić information content (AvgIpc) is 3.06. The Bertz CT molecular complexity index is 773. The number of carbonyl (C=O) groups is 1. The van der Waals surface area contributed by atoms with E-state index in [0.29, 0.717) is 11.3 Å². The molecule has 1 aromatic carbocycles. The Morgan fingerprint density at radius 2 is 1.93 bits per heavy atom. The SMILES string of the molecule is CC(C)c1ccc([C@@H](NC(=O)[C@@H]2C[C@@H](F)CN2)c2ccccc2)nc1F.Cl. The topological polar surface area (TPSA) is 54.0 Å². The van der Waals surface area contributed by atoms with E-state index in [9.17, 15) is 13.6 Å². The molecule has 0 bridgehead atoms. The largest absolute Gasteiger partial charge is 0.342 e. The van der Waals surface area contributed by atoms with Crippen molar-refractivity contribution in [3.63, 3.8) is 0 Å². The summed E-state index contributed by atoms with van der Waals surface area (Å²) in [4.78, 5) is 16.6. The summed E-state index contributed by atoms with van der Waals surface area (Å²) in [7, 11) is 0. The highest BCUT2D eigenvalue weighted by Crippen LogP contribution is 2.24. The van der Waals surface area contributed by atoms with Gasteiger partial charge >= 0.3 is 0 Å². The second-order valence-electron chi connectivity index (χ2n) is 6.92. The van der Waals surface area contributed by atoms with Crippen molar-refractivity contribution in [2.75, 3.05) is 6.54 Å². The molecule has 0 spiro atoms. The Balaban J connectivity index is 0.00000261. The summed E-state index contributed by atoms with van der Waals surface area (Å²) in [6.07, 6.45) is -0.886. The van der Waals surface area contributed by atoms with Crippen molar-refractivity contribution < 1.29 is 13.6 Å². The van der Waals surface area contributed by atoms with Crippen LogP contribution in [-0.4, -0.2) is 29.6 Å². The average molecular weight is 396 g/mol. The van der Waals surface area contributed by atoms with Crippen LogP contribution >= 0.6 is 12.4 Å². The first kappa shape index (κ1) is 21.3. The molecule has 2 N–H and O–H groups in total. The fourth-order valence-corrected chi connectivity index (χ4v) is 3.16. The maximum atomic E-state index is 14.4. The Hall–Kier alpha value is -2.05. The minimum Gasteiger partial charge on any atom is -0.342 e. The number of alkyl halides is 1. The summed E-state index contributed by atoms with van der Waals surface area (Å²) in [6, 6.07) is 11.5. The third-order valence-corrected chi connectivity index (χ3v) is 4.63. The van der Waals surface area contributed by atoms with Gasteiger partial charge in [0.2, 0.25) is 11.9 Å². The van der Waals surface area contributed by atoms with Gasteiger partial charge in [0.1, 0.15) is 6.17 Å². The molecule has 3 rings (SSSR count). The lowest BCUT2D eigenvalue weighted by molar-refractivity contribution is -0.123. The molecule has 1 aliphatic heterocycles. The number of amides is 1.